The summed E-state index contributed by atoms with van der Waals surface area (Å²) in [5.41, 5.74) is 1.28. The Morgan fingerprint density at radius 2 is 1.63 bits per heavy atom. The molecule has 0 aromatic carbocycles. The molecule has 1 atom stereocenters. The van der Waals surface area contributed by atoms with Crippen molar-refractivity contribution in [2.45, 2.75) is 52.1 Å². The first-order chi connectivity index (χ1) is 9.19. The molecule has 108 valence electrons. The number of likely N-dealkylation sites (N-methyl/N-ethyl adjacent to an activating group) is 2. The van der Waals surface area contributed by atoms with E-state index in [1.807, 2.05) is 19.4 Å². The fourth-order valence-electron chi connectivity index (χ4n) is 3.35. The van der Waals surface area contributed by atoms with Crippen LogP contribution < -0.4 is 5.32 Å². The van der Waals surface area contributed by atoms with E-state index in [-0.39, 0.29) is 11.6 Å². The molecule has 0 saturated heterocycles. The number of nitrogens with zero attached hydrogens (tertiary/aromatic N) is 3. The number of hydrogen-bond acceptors (Lipinski definition) is 4. The molecule has 0 spiro atoms. The molecule has 0 radical (unpaired) electrons. The van der Waals surface area contributed by atoms with E-state index in [1.54, 1.807) is 6.33 Å². The van der Waals surface area contributed by atoms with Crippen molar-refractivity contribution in [3.63, 3.8) is 0 Å². The molecule has 0 fully saturated rings. The Bertz CT molecular complexity index is 344. The van der Waals surface area contributed by atoms with E-state index in [1.165, 1.54) is 5.56 Å². The molecule has 1 rings (SSSR count). The molecule has 1 aromatic rings. The maximum Gasteiger partial charge on any atom is 0.115 e. The van der Waals surface area contributed by atoms with Gasteiger partial charge in [-0.2, -0.15) is 0 Å². The summed E-state index contributed by atoms with van der Waals surface area (Å²) < 4.78 is 0. The monoisotopic (exact) mass is 264 g/mol. The third-order valence-electron chi connectivity index (χ3n) is 4.36. The third kappa shape index (κ3) is 3.12. The molecular weight excluding hydrogens is 236 g/mol. The second-order valence-corrected chi connectivity index (χ2v) is 4.88. The first kappa shape index (κ1) is 16.1. The minimum Gasteiger partial charge on any atom is -0.311 e. The van der Waals surface area contributed by atoms with Gasteiger partial charge in [0, 0.05) is 23.5 Å². The standard InChI is InChI=1S/C15H28N4/c1-6-15(7-2,19(8-3)9-4)14(16-5)13-10-17-12-18-11-13/h10-12,14,16H,6-9H2,1-5H3. The van der Waals surface area contributed by atoms with Gasteiger partial charge in [0.15, 0.2) is 0 Å². The van der Waals surface area contributed by atoms with Crippen molar-refractivity contribution in [1.29, 1.82) is 0 Å². The van der Waals surface area contributed by atoms with Crippen molar-refractivity contribution in [2.75, 3.05) is 20.1 Å². The lowest BCUT2D eigenvalue weighted by molar-refractivity contribution is 0.0512. The van der Waals surface area contributed by atoms with E-state index < -0.39 is 0 Å². The second kappa shape index (κ2) is 7.56. The minimum atomic E-state index is 0.114. The van der Waals surface area contributed by atoms with Crippen molar-refractivity contribution in [3.8, 4) is 0 Å². The summed E-state index contributed by atoms with van der Waals surface area (Å²) in [6.45, 7) is 11.1. The first-order valence-corrected chi connectivity index (χ1v) is 7.37. The Morgan fingerprint density at radius 1 is 1.11 bits per heavy atom. The Hall–Kier alpha value is -1.00. The Kier molecular flexibility index (Phi) is 6.38. The van der Waals surface area contributed by atoms with Gasteiger partial charge < -0.3 is 5.32 Å². The lowest BCUT2D eigenvalue weighted by Gasteiger charge is -2.48. The molecule has 1 N–H and O–H groups in total. The first-order valence-electron chi connectivity index (χ1n) is 7.37. The van der Waals surface area contributed by atoms with Crippen molar-refractivity contribution in [3.05, 3.63) is 24.3 Å². The number of rotatable bonds is 8. The fourth-order valence-corrected chi connectivity index (χ4v) is 3.35. The summed E-state index contributed by atoms with van der Waals surface area (Å²) in [4.78, 5) is 10.9. The third-order valence-corrected chi connectivity index (χ3v) is 4.36. The Balaban J connectivity index is 3.21. The van der Waals surface area contributed by atoms with E-state index in [2.05, 4.69) is 47.9 Å². The van der Waals surface area contributed by atoms with Crippen molar-refractivity contribution < 1.29 is 0 Å². The summed E-state index contributed by atoms with van der Waals surface area (Å²) in [6.07, 6.45) is 7.65. The van der Waals surface area contributed by atoms with Gasteiger partial charge in [-0.3, -0.25) is 4.90 Å². The lowest BCUT2D eigenvalue weighted by Crippen LogP contribution is -2.55. The van der Waals surface area contributed by atoms with E-state index in [0.29, 0.717) is 0 Å². The van der Waals surface area contributed by atoms with E-state index in [4.69, 9.17) is 0 Å². The van der Waals surface area contributed by atoms with Crippen LogP contribution in [-0.4, -0.2) is 40.5 Å². The zero-order valence-electron chi connectivity index (χ0n) is 13.0. The molecule has 1 aromatic heterocycles. The normalized spacial score (nSPS) is 13.8. The average molecular weight is 264 g/mol. The Morgan fingerprint density at radius 3 is 2.00 bits per heavy atom. The number of hydrogen-bond donors (Lipinski definition) is 1. The summed E-state index contributed by atoms with van der Waals surface area (Å²) in [7, 11) is 2.03. The molecular formula is C15H28N4. The van der Waals surface area contributed by atoms with Crippen LogP contribution in [0.2, 0.25) is 0 Å². The minimum absolute atomic E-state index is 0.114. The van der Waals surface area contributed by atoms with Crippen molar-refractivity contribution in [1.82, 2.24) is 20.2 Å². The van der Waals surface area contributed by atoms with Gasteiger partial charge >= 0.3 is 0 Å². The molecule has 1 unspecified atom stereocenters. The highest BCUT2D eigenvalue weighted by Gasteiger charge is 2.40. The van der Waals surface area contributed by atoms with Gasteiger partial charge in [-0.1, -0.05) is 27.7 Å². The number of nitrogens with one attached hydrogen (secondary N) is 1. The summed E-state index contributed by atoms with van der Waals surface area (Å²) in [6, 6.07) is 0.253. The SMILES string of the molecule is CCN(CC)C(CC)(CC)C(NC)c1cncnc1. The molecule has 0 saturated carbocycles. The predicted molar refractivity (Wildman–Crippen MR) is 80.1 cm³/mol. The van der Waals surface area contributed by atoms with Crippen LogP contribution in [0, 0.1) is 0 Å². The van der Waals surface area contributed by atoms with Crippen LogP contribution >= 0.6 is 0 Å². The van der Waals surface area contributed by atoms with Gasteiger partial charge in [0.25, 0.3) is 0 Å². The predicted octanol–water partition coefficient (Wildman–Crippen LogP) is 2.64. The molecule has 0 aliphatic carbocycles. The topological polar surface area (TPSA) is 41.0 Å². The largest absolute Gasteiger partial charge is 0.311 e. The van der Waals surface area contributed by atoms with Gasteiger partial charge in [-0.25, -0.2) is 9.97 Å². The van der Waals surface area contributed by atoms with Crippen molar-refractivity contribution in [2.24, 2.45) is 0 Å². The van der Waals surface area contributed by atoms with Gasteiger partial charge in [-0.05, 0) is 33.0 Å². The maximum absolute atomic E-state index is 4.18. The average Bonchev–Trinajstić information content (AvgIpc) is 2.48. The fraction of sp³-hybridized carbons (Fsp3) is 0.733. The van der Waals surface area contributed by atoms with Gasteiger partial charge in [-0.15, -0.1) is 0 Å². The highest BCUT2D eigenvalue weighted by molar-refractivity contribution is 5.17. The van der Waals surface area contributed by atoms with Crippen LogP contribution in [0.3, 0.4) is 0 Å². The Labute approximate surface area is 117 Å². The highest BCUT2D eigenvalue weighted by Crippen LogP contribution is 2.36. The van der Waals surface area contributed by atoms with E-state index >= 15 is 0 Å². The molecule has 19 heavy (non-hydrogen) atoms. The van der Waals surface area contributed by atoms with E-state index in [9.17, 15) is 0 Å². The van der Waals surface area contributed by atoms with Crippen molar-refractivity contribution >= 4 is 0 Å². The quantitative estimate of drug-likeness (QED) is 0.783. The molecule has 1 heterocycles. The zero-order chi connectivity index (χ0) is 14.3. The maximum atomic E-state index is 4.18. The molecule has 4 heteroatoms. The summed E-state index contributed by atoms with van der Waals surface area (Å²) >= 11 is 0. The summed E-state index contributed by atoms with van der Waals surface area (Å²) in [5, 5.41) is 3.49. The van der Waals surface area contributed by atoms with Crippen LogP contribution in [0.15, 0.2) is 18.7 Å². The summed E-state index contributed by atoms with van der Waals surface area (Å²) in [5.74, 6) is 0. The van der Waals surface area contributed by atoms with Crippen LogP contribution in [0.25, 0.3) is 0 Å². The van der Waals surface area contributed by atoms with Crippen LogP contribution in [-0.2, 0) is 0 Å². The van der Waals surface area contributed by atoms with Crippen LogP contribution in [0.4, 0.5) is 0 Å². The van der Waals surface area contributed by atoms with Crippen LogP contribution in [0.1, 0.15) is 52.1 Å². The zero-order valence-corrected chi connectivity index (χ0v) is 13.0. The molecule has 4 nitrogen and oxygen atoms in total. The smallest absolute Gasteiger partial charge is 0.115 e. The van der Waals surface area contributed by atoms with Crippen LogP contribution in [0.5, 0.6) is 0 Å². The van der Waals surface area contributed by atoms with E-state index in [0.717, 1.165) is 25.9 Å². The second-order valence-electron chi connectivity index (χ2n) is 4.88. The molecule has 0 aliphatic heterocycles. The molecule has 0 bridgehead atoms. The van der Waals surface area contributed by atoms with Gasteiger partial charge in [0.1, 0.15) is 6.33 Å². The molecule has 0 amide bonds. The molecule has 0 aliphatic rings. The van der Waals surface area contributed by atoms with Gasteiger partial charge in [0.05, 0.1) is 6.04 Å². The lowest BCUT2D eigenvalue weighted by atomic mass is 9.79. The van der Waals surface area contributed by atoms with Gasteiger partial charge in [0.2, 0.25) is 0 Å². The highest BCUT2D eigenvalue weighted by atomic mass is 15.2. The number of aromatic nitrogens is 2.